The van der Waals surface area contributed by atoms with Gasteiger partial charge >= 0.3 is 0 Å². The Hall–Kier alpha value is -0.830. The fourth-order valence-electron chi connectivity index (χ4n) is 0.713. The predicted octanol–water partition coefficient (Wildman–Crippen LogP) is 1.59. The second-order valence-corrected chi connectivity index (χ2v) is 3.20. The maximum absolute atomic E-state index is 7.11. The van der Waals surface area contributed by atoms with Gasteiger partial charge in [-0.15, -0.1) is 11.3 Å². The summed E-state index contributed by atoms with van der Waals surface area (Å²) in [6, 6.07) is 3.91. The van der Waals surface area contributed by atoms with Crippen molar-refractivity contribution in [1.29, 1.82) is 5.41 Å². The van der Waals surface area contributed by atoms with Gasteiger partial charge < -0.3 is 5.73 Å². The highest BCUT2D eigenvalue weighted by molar-refractivity contribution is 7.14. The zero-order valence-electron chi connectivity index (χ0n) is 5.85. The summed E-state index contributed by atoms with van der Waals surface area (Å²) in [6.45, 7) is 2.09. The normalized spacial score (nSPS) is 9.70. The molecule has 0 aromatic carbocycles. The number of nitrogen functional groups attached to an aromatic ring is 1. The van der Waals surface area contributed by atoms with Gasteiger partial charge in [-0.3, -0.25) is 5.41 Å². The zero-order chi connectivity index (χ0) is 7.56. The molecule has 0 fully saturated rings. The van der Waals surface area contributed by atoms with Crippen molar-refractivity contribution in [2.24, 2.45) is 5.73 Å². The van der Waals surface area contributed by atoms with Gasteiger partial charge in [0, 0.05) is 4.88 Å². The Morgan fingerprint density at radius 3 is 2.70 bits per heavy atom. The molecule has 0 bridgehead atoms. The lowest BCUT2D eigenvalue weighted by molar-refractivity contribution is 1.19. The first-order chi connectivity index (χ1) is 4.74. The van der Waals surface area contributed by atoms with Crippen molar-refractivity contribution in [2.45, 2.75) is 13.3 Å². The number of thiophene rings is 1. The second kappa shape index (κ2) is 2.84. The van der Waals surface area contributed by atoms with Crippen molar-refractivity contribution in [1.82, 2.24) is 0 Å². The maximum atomic E-state index is 7.11. The van der Waals surface area contributed by atoms with Crippen molar-refractivity contribution >= 4 is 17.2 Å². The SMILES string of the molecule is CCc1ccc(C(=N)N)s1. The molecule has 10 heavy (non-hydrogen) atoms. The van der Waals surface area contributed by atoms with E-state index in [4.69, 9.17) is 11.1 Å². The topological polar surface area (TPSA) is 49.9 Å². The highest BCUT2D eigenvalue weighted by Crippen LogP contribution is 2.15. The fourth-order valence-corrected chi connectivity index (χ4v) is 1.52. The minimum atomic E-state index is 0.171. The lowest BCUT2D eigenvalue weighted by Gasteiger charge is -1.87. The summed E-state index contributed by atoms with van der Waals surface area (Å²) in [4.78, 5) is 2.15. The minimum Gasteiger partial charge on any atom is -0.383 e. The molecule has 0 aliphatic rings. The molecule has 0 aliphatic carbocycles. The van der Waals surface area contributed by atoms with Crippen LogP contribution in [0.2, 0.25) is 0 Å². The number of amidine groups is 1. The molecular weight excluding hydrogens is 144 g/mol. The Balaban J connectivity index is 2.88. The number of rotatable bonds is 2. The molecule has 0 spiro atoms. The summed E-state index contributed by atoms with van der Waals surface area (Å²) < 4.78 is 0. The largest absolute Gasteiger partial charge is 0.383 e. The van der Waals surface area contributed by atoms with Crippen LogP contribution in [0.4, 0.5) is 0 Å². The Labute approximate surface area is 64.2 Å². The van der Waals surface area contributed by atoms with Gasteiger partial charge in [-0.1, -0.05) is 6.92 Å². The van der Waals surface area contributed by atoms with Crippen LogP contribution in [0.3, 0.4) is 0 Å². The van der Waals surface area contributed by atoms with Crippen LogP contribution in [0, 0.1) is 5.41 Å². The van der Waals surface area contributed by atoms with E-state index in [2.05, 4.69) is 6.92 Å². The molecule has 0 radical (unpaired) electrons. The molecule has 1 aromatic heterocycles. The first-order valence-corrected chi connectivity index (χ1v) is 3.98. The van der Waals surface area contributed by atoms with Crippen molar-refractivity contribution < 1.29 is 0 Å². The van der Waals surface area contributed by atoms with E-state index in [1.165, 1.54) is 4.88 Å². The van der Waals surface area contributed by atoms with Crippen molar-refractivity contribution in [3.63, 3.8) is 0 Å². The minimum absolute atomic E-state index is 0.171. The van der Waals surface area contributed by atoms with Crippen LogP contribution in [0.1, 0.15) is 16.7 Å². The first-order valence-electron chi connectivity index (χ1n) is 3.17. The Kier molecular flexibility index (Phi) is 2.06. The molecule has 2 nitrogen and oxygen atoms in total. The highest BCUT2D eigenvalue weighted by Gasteiger charge is 1.99. The van der Waals surface area contributed by atoms with E-state index >= 15 is 0 Å². The number of nitrogens with one attached hydrogen (secondary N) is 1. The number of hydrogen-bond acceptors (Lipinski definition) is 2. The summed E-state index contributed by atoms with van der Waals surface area (Å²) in [5.41, 5.74) is 5.28. The van der Waals surface area contributed by atoms with E-state index in [1.807, 2.05) is 12.1 Å². The molecule has 1 aromatic rings. The molecule has 0 saturated carbocycles. The Bertz CT molecular complexity index is 240. The molecule has 0 atom stereocenters. The smallest absolute Gasteiger partial charge is 0.133 e. The summed E-state index contributed by atoms with van der Waals surface area (Å²) in [5, 5.41) is 7.11. The predicted molar refractivity (Wildman–Crippen MR) is 44.7 cm³/mol. The van der Waals surface area contributed by atoms with Gasteiger partial charge in [0.2, 0.25) is 0 Å². The molecular formula is C7H10N2S. The van der Waals surface area contributed by atoms with Gasteiger partial charge in [0.25, 0.3) is 0 Å². The summed E-state index contributed by atoms with van der Waals surface area (Å²) in [7, 11) is 0. The summed E-state index contributed by atoms with van der Waals surface area (Å²) >= 11 is 1.59. The van der Waals surface area contributed by atoms with E-state index in [9.17, 15) is 0 Å². The van der Waals surface area contributed by atoms with Crippen LogP contribution in [-0.2, 0) is 6.42 Å². The van der Waals surface area contributed by atoms with Crippen LogP contribution in [0.15, 0.2) is 12.1 Å². The summed E-state index contributed by atoms with van der Waals surface area (Å²) in [5.74, 6) is 0.171. The number of hydrogen-bond donors (Lipinski definition) is 2. The van der Waals surface area contributed by atoms with Crippen LogP contribution in [0.5, 0.6) is 0 Å². The van der Waals surface area contributed by atoms with Crippen molar-refractivity contribution in [2.75, 3.05) is 0 Å². The number of nitrogens with two attached hydrogens (primary N) is 1. The van der Waals surface area contributed by atoms with E-state index in [0.29, 0.717) is 0 Å². The van der Waals surface area contributed by atoms with Gasteiger partial charge in [-0.2, -0.15) is 0 Å². The Morgan fingerprint density at radius 1 is 1.70 bits per heavy atom. The highest BCUT2D eigenvalue weighted by atomic mass is 32.1. The van der Waals surface area contributed by atoms with E-state index in [1.54, 1.807) is 11.3 Å². The van der Waals surface area contributed by atoms with Gasteiger partial charge in [0.05, 0.1) is 4.88 Å². The monoisotopic (exact) mass is 154 g/mol. The molecule has 3 N–H and O–H groups in total. The lowest BCUT2D eigenvalue weighted by Crippen LogP contribution is -2.08. The van der Waals surface area contributed by atoms with E-state index in [-0.39, 0.29) is 5.84 Å². The summed E-state index contributed by atoms with van der Waals surface area (Å²) in [6.07, 6.45) is 1.03. The van der Waals surface area contributed by atoms with Gasteiger partial charge in [0.15, 0.2) is 0 Å². The number of aryl methyl sites for hydroxylation is 1. The quantitative estimate of drug-likeness (QED) is 0.493. The fraction of sp³-hybridized carbons (Fsp3) is 0.286. The second-order valence-electron chi connectivity index (χ2n) is 2.03. The molecule has 1 heterocycles. The molecule has 1 rings (SSSR count). The average molecular weight is 154 g/mol. The van der Waals surface area contributed by atoms with Crippen molar-refractivity contribution in [3.8, 4) is 0 Å². The van der Waals surface area contributed by atoms with Crippen molar-refractivity contribution in [3.05, 3.63) is 21.9 Å². The zero-order valence-corrected chi connectivity index (χ0v) is 6.66. The molecule has 0 saturated heterocycles. The average Bonchev–Trinajstić information content (AvgIpc) is 2.34. The third kappa shape index (κ3) is 1.36. The van der Waals surface area contributed by atoms with Gasteiger partial charge in [0.1, 0.15) is 5.84 Å². The lowest BCUT2D eigenvalue weighted by atomic mass is 10.3. The molecule has 0 aliphatic heterocycles. The van der Waals surface area contributed by atoms with Crippen LogP contribution in [0.25, 0.3) is 0 Å². The first kappa shape index (κ1) is 7.28. The van der Waals surface area contributed by atoms with Gasteiger partial charge in [-0.05, 0) is 18.6 Å². The van der Waals surface area contributed by atoms with Crippen LogP contribution < -0.4 is 5.73 Å². The molecule has 3 heteroatoms. The molecule has 54 valence electrons. The molecule has 0 amide bonds. The van der Waals surface area contributed by atoms with Crippen LogP contribution >= 0.6 is 11.3 Å². The standard InChI is InChI=1S/C7H10N2S/c1-2-5-3-4-6(10-5)7(8)9/h3-4H,2H2,1H3,(H3,8,9). The Morgan fingerprint density at radius 2 is 2.40 bits per heavy atom. The van der Waals surface area contributed by atoms with Gasteiger partial charge in [-0.25, -0.2) is 0 Å². The molecule has 0 unspecified atom stereocenters. The van der Waals surface area contributed by atoms with E-state index in [0.717, 1.165) is 11.3 Å². The third-order valence-electron chi connectivity index (χ3n) is 1.28. The maximum Gasteiger partial charge on any atom is 0.133 e. The third-order valence-corrected chi connectivity index (χ3v) is 2.54. The van der Waals surface area contributed by atoms with Crippen LogP contribution in [-0.4, -0.2) is 5.84 Å². The van der Waals surface area contributed by atoms with E-state index < -0.39 is 0 Å².